The summed E-state index contributed by atoms with van der Waals surface area (Å²) in [6, 6.07) is 14.4. The first-order valence-electron chi connectivity index (χ1n) is 10.9. The first-order valence-corrected chi connectivity index (χ1v) is 10.9. The van der Waals surface area contributed by atoms with Crippen molar-refractivity contribution in [2.45, 2.75) is 30.8 Å². The van der Waals surface area contributed by atoms with Crippen molar-refractivity contribution >= 4 is 18.0 Å². The van der Waals surface area contributed by atoms with Crippen LogP contribution in [0.5, 0.6) is 0 Å². The van der Waals surface area contributed by atoms with Crippen LogP contribution in [0.25, 0.3) is 11.1 Å². The Labute approximate surface area is 191 Å². The predicted octanol–water partition coefficient (Wildman–Crippen LogP) is 2.42. The van der Waals surface area contributed by atoms with E-state index in [2.05, 4.69) is 22.8 Å². The average Bonchev–Trinajstić information content (AvgIpc) is 3.14. The molecule has 0 fully saturated rings. The molecule has 2 unspecified atom stereocenters. The maximum absolute atomic E-state index is 12.5. The molecule has 2 aliphatic rings. The van der Waals surface area contributed by atoms with Gasteiger partial charge in [-0.3, -0.25) is 4.79 Å². The SMILES string of the molecule is O=C(NC1C=CCC(C(=O)N[C@@H](CO)C(=O)O)C1)OCC1c2ccccc2-c2ccccc21. The van der Waals surface area contributed by atoms with E-state index in [1.165, 1.54) is 0 Å². The summed E-state index contributed by atoms with van der Waals surface area (Å²) in [6.45, 7) is -0.498. The number of fused-ring (bicyclic) bond motifs is 3. The zero-order valence-electron chi connectivity index (χ0n) is 17.9. The van der Waals surface area contributed by atoms with Crippen LogP contribution in [0.2, 0.25) is 0 Å². The molecule has 0 bridgehead atoms. The summed E-state index contributed by atoms with van der Waals surface area (Å²) < 4.78 is 5.56. The number of hydrogen-bond acceptors (Lipinski definition) is 5. The summed E-state index contributed by atoms with van der Waals surface area (Å²) in [7, 11) is 0. The molecule has 2 amide bonds. The molecule has 8 nitrogen and oxygen atoms in total. The highest BCUT2D eigenvalue weighted by Gasteiger charge is 2.31. The molecule has 8 heteroatoms. The zero-order valence-corrected chi connectivity index (χ0v) is 17.9. The zero-order chi connectivity index (χ0) is 23.4. The Morgan fingerprint density at radius 1 is 1.03 bits per heavy atom. The number of aliphatic hydroxyl groups is 1. The number of hydrogen-bond donors (Lipinski definition) is 4. The highest BCUT2D eigenvalue weighted by Crippen LogP contribution is 2.44. The maximum atomic E-state index is 12.5. The highest BCUT2D eigenvalue weighted by atomic mass is 16.5. The molecule has 2 aromatic rings. The number of aliphatic hydroxyl groups excluding tert-OH is 1. The van der Waals surface area contributed by atoms with Crippen molar-refractivity contribution in [3.05, 3.63) is 71.8 Å². The summed E-state index contributed by atoms with van der Waals surface area (Å²) in [5.41, 5.74) is 4.54. The van der Waals surface area contributed by atoms with Gasteiger partial charge >= 0.3 is 12.1 Å². The van der Waals surface area contributed by atoms with Gasteiger partial charge in [-0.05, 0) is 35.1 Å². The third-order valence-electron chi connectivity index (χ3n) is 6.14. The van der Waals surface area contributed by atoms with Gasteiger partial charge in [-0.15, -0.1) is 0 Å². The van der Waals surface area contributed by atoms with Crippen LogP contribution in [0.15, 0.2) is 60.7 Å². The van der Waals surface area contributed by atoms with Crippen molar-refractivity contribution in [2.75, 3.05) is 13.2 Å². The maximum Gasteiger partial charge on any atom is 0.407 e. The van der Waals surface area contributed by atoms with Crippen LogP contribution in [0.1, 0.15) is 29.9 Å². The Balaban J connectivity index is 1.33. The molecule has 172 valence electrons. The molecular formula is C25H26N2O6. The predicted molar refractivity (Wildman–Crippen MR) is 121 cm³/mol. The quantitative estimate of drug-likeness (QED) is 0.480. The normalized spacial score (nSPS) is 19.8. The van der Waals surface area contributed by atoms with Crippen molar-refractivity contribution < 1.29 is 29.3 Å². The van der Waals surface area contributed by atoms with Crippen molar-refractivity contribution in [3.63, 3.8) is 0 Å². The summed E-state index contributed by atoms with van der Waals surface area (Å²) in [5, 5.41) is 23.2. The van der Waals surface area contributed by atoms with Gasteiger partial charge < -0.3 is 25.6 Å². The van der Waals surface area contributed by atoms with E-state index in [9.17, 15) is 14.4 Å². The van der Waals surface area contributed by atoms with Gasteiger partial charge in [0.15, 0.2) is 0 Å². The van der Waals surface area contributed by atoms with Crippen molar-refractivity contribution in [1.29, 1.82) is 0 Å². The average molecular weight is 450 g/mol. The molecule has 0 aromatic heterocycles. The number of carbonyl (C=O) groups is 3. The Morgan fingerprint density at radius 3 is 2.27 bits per heavy atom. The molecule has 2 aliphatic carbocycles. The number of aliphatic carboxylic acids is 1. The van der Waals surface area contributed by atoms with Crippen LogP contribution >= 0.6 is 0 Å². The number of allylic oxidation sites excluding steroid dienone is 1. The lowest BCUT2D eigenvalue weighted by Gasteiger charge is -2.26. The van der Waals surface area contributed by atoms with Crippen molar-refractivity contribution in [2.24, 2.45) is 5.92 Å². The topological polar surface area (TPSA) is 125 Å². The summed E-state index contributed by atoms with van der Waals surface area (Å²) in [6.07, 6.45) is 3.73. The van der Waals surface area contributed by atoms with E-state index in [4.69, 9.17) is 14.9 Å². The van der Waals surface area contributed by atoms with E-state index in [-0.39, 0.29) is 12.5 Å². The van der Waals surface area contributed by atoms with Gasteiger partial charge in [-0.2, -0.15) is 0 Å². The first kappa shape index (κ1) is 22.5. The molecule has 0 heterocycles. The number of carboxylic acids is 1. The number of alkyl carbamates (subject to hydrolysis) is 1. The second kappa shape index (κ2) is 9.87. The third kappa shape index (κ3) is 4.90. The number of ether oxygens (including phenoxy) is 1. The fraction of sp³-hybridized carbons (Fsp3) is 0.320. The van der Waals surface area contributed by atoms with Gasteiger partial charge in [-0.1, -0.05) is 60.7 Å². The van der Waals surface area contributed by atoms with Crippen LogP contribution in [0.3, 0.4) is 0 Å². The minimum atomic E-state index is -1.35. The fourth-order valence-corrected chi connectivity index (χ4v) is 4.48. The standard InChI is InChI=1S/C25H26N2O6/c28-13-22(24(30)31)27-23(29)15-6-5-7-16(12-15)26-25(32)33-14-21-19-10-3-1-8-17(19)18-9-2-4-11-20(18)21/h1-5,7-11,15-16,21-22,28H,6,12-14H2,(H,26,32)(H,27,29)(H,30,31)/t15?,16?,22-/m0/s1. The van der Waals surface area contributed by atoms with Crippen molar-refractivity contribution in [1.82, 2.24) is 10.6 Å². The largest absolute Gasteiger partial charge is 0.480 e. The van der Waals surface area contributed by atoms with Crippen LogP contribution < -0.4 is 10.6 Å². The van der Waals surface area contributed by atoms with E-state index >= 15 is 0 Å². The highest BCUT2D eigenvalue weighted by molar-refractivity contribution is 5.85. The van der Waals surface area contributed by atoms with E-state index in [1.54, 1.807) is 12.2 Å². The smallest absolute Gasteiger partial charge is 0.407 e. The fourth-order valence-electron chi connectivity index (χ4n) is 4.48. The molecule has 33 heavy (non-hydrogen) atoms. The van der Waals surface area contributed by atoms with Gasteiger partial charge in [0.05, 0.1) is 12.6 Å². The van der Waals surface area contributed by atoms with Crippen LogP contribution in [-0.4, -0.2) is 53.5 Å². The molecule has 0 aliphatic heterocycles. The molecule has 0 saturated heterocycles. The van der Waals surface area contributed by atoms with Crippen LogP contribution in [0, 0.1) is 5.92 Å². The van der Waals surface area contributed by atoms with E-state index in [1.807, 2.05) is 36.4 Å². The number of rotatable bonds is 7. The van der Waals surface area contributed by atoms with Crippen molar-refractivity contribution in [3.8, 4) is 11.1 Å². The molecule has 0 radical (unpaired) electrons. The van der Waals surface area contributed by atoms with Crippen LogP contribution in [0.4, 0.5) is 4.79 Å². The lowest BCUT2D eigenvalue weighted by atomic mass is 9.90. The van der Waals surface area contributed by atoms with Gasteiger partial charge in [-0.25, -0.2) is 9.59 Å². The summed E-state index contributed by atoms with van der Waals surface area (Å²) in [5.74, 6) is -2.33. The second-order valence-corrected chi connectivity index (χ2v) is 8.25. The molecule has 4 N–H and O–H groups in total. The second-order valence-electron chi connectivity index (χ2n) is 8.25. The molecular weight excluding hydrogens is 424 g/mol. The van der Waals surface area contributed by atoms with E-state index < -0.39 is 42.6 Å². The van der Waals surface area contributed by atoms with Gasteiger partial charge in [0.1, 0.15) is 12.6 Å². The molecule has 0 saturated carbocycles. The lowest BCUT2D eigenvalue weighted by molar-refractivity contribution is -0.143. The van der Waals surface area contributed by atoms with E-state index in [0.717, 1.165) is 22.3 Å². The Hall–Kier alpha value is -3.65. The molecule has 0 spiro atoms. The molecule has 4 rings (SSSR count). The van der Waals surface area contributed by atoms with E-state index in [0.29, 0.717) is 12.8 Å². The number of amides is 2. The summed E-state index contributed by atoms with van der Waals surface area (Å²) >= 11 is 0. The molecule has 2 aromatic carbocycles. The summed E-state index contributed by atoms with van der Waals surface area (Å²) in [4.78, 5) is 35.9. The molecule has 3 atom stereocenters. The Bertz CT molecular complexity index is 1040. The first-order chi connectivity index (χ1) is 16.0. The number of carboxylic acid groups (broad SMARTS) is 1. The Kier molecular flexibility index (Phi) is 6.74. The van der Waals surface area contributed by atoms with Gasteiger partial charge in [0, 0.05) is 11.8 Å². The van der Waals surface area contributed by atoms with Gasteiger partial charge in [0.2, 0.25) is 5.91 Å². The minimum Gasteiger partial charge on any atom is -0.480 e. The number of nitrogens with one attached hydrogen (secondary N) is 2. The van der Waals surface area contributed by atoms with Gasteiger partial charge in [0.25, 0.3) is 0 Å². The lowest BCUT2D eigenvalue weighted by Crippen LogP contribution is -2.47. The minimum absolute atomic E-state index is 0.0463. The number of benzene rings is 2. The van der Waals surface area contributed by atoms with Crippen LogP contribution in [-0.2, 0) is 14.3 Å². The Morgan fingerprint density at radius 2 is 1.67 bits per heavy atom. The third-order valence-corrected chi connectivity index (χ3v) is 6.14. The number of carbonyl (C=O) groups excluding carboxylic acids is 2. The monoisotopic (exact) mass is 450 g/mol.